The van der Waals surface area contributed by atoms with Gasteiger partial charge in [-0.3, -0.25) is 9.59 Å². The van der Waals surface area contributed by atoms with Gasteiger partial charge < -0.3 is 0 Å². The number of hydrogen-bond acceptors (Lipinski definition) is 2. The van der Waals surface area contributed by atoms with Crippen molar-refractivity contribution in [2.45, 2.75) is 47.0 Å². The van der Waals surface area contributed by atoms with Crippen LogP contribution in [-0.4, -0.2) is 11.6 Å². The standard InChI is InChI=1S/C21H24O2/c1-14(2)8-7-9-15(3)12-13-17-16(4)20(22)18-10-5-6-11-19(18)21(17)23/h5-6,8,10-12H,7,9,13H2,1-4H3/b15-12+. The third-order valence-electron chi connectivity index (χ3n) is 4.23. The van der Waals surface area contributed by atoms with E-state index < -0.39 is 0 Å². The van der Waals surface area contributed by atoms with Crippen molar-refractivity contribution in [1.29, 1.82) is 0 Å². The minimum Gasteiger partial charge on any atom is -0.289 e. The van der Waals surface area contributed by atoms with Gasteiger partial charge in [-0.2, -0.15) is 0 Å². The summed E-state index contributed by atoms with van der Waals surface area (Å²) in [4.78, 5) is 25.1. The number of fused-ring (bicyclic) bond motifs is 1. The molecule has 2 nitrogen and oxygen atoms in total. The second-order valence-corrected chi connectivity index (χ2v) is 6.38. The molecule has 0 unspecified atom stereocenters. The van der Waals surface area contributed by atoms with E-state index in [-0.39, 0.29) is 11.6 Å². The van der Waals surface area contributed by atoms with E-state index in [1.165, 1.54) is 11.1 Å². The molecule has 0 atom stereocenters. The molecule has 0 aliphatic heterocycles. The molecule has 0 heterocycles. The first-order chi connectivity index (χ1) is 10.9. The average Bonchev–Trinajstić information content (AvgIpc) is 2.52. The summed E-state index contributed by atoms with van der Waals surface area (Å²) in [7, 11) is 0. The molecule has 1 aliphatic carbocycles. The Morgan fingerprint density at radius 3 is 2.17 bits per heavy atom. The minimum atomic E-state index is -0.0224. The zero-order chi connectivity index (χ0) is 17.0. The second-order valence-electron chi connectivity index (χ2n) is 6.38. The predicted octanol–water partition coefficient (Wildman–Crippen LogP) is 5.46. The maximum atomic E-state index is 12.6. The van der Waals surface area contributed by atoms with Crippen molar-refractivity contribution in [3.63, 3.8) is 0 Å². The lowest BCUT2D eigenvalue weighted by Crippen LogP contribution is -2.20. The summed E-state index contributed by atoms with van der Waals surface area (Å²) in [5, 5.41) is 0. The van der Waals surface area contributed by atoms with Crippen LogP contribution in [0.4, 0.5) is 0 Å². The van der Waals surface area contributed by atoms with E-state index in [9.17, 15) is 9.59 Å². The van der Waals surface area contributed by atoms with Gasteiger partial charge in [0.05, 0.1) is 0 Å². The summed E-state index contributed by atoms with van der Waals surface area (Å²) in [5.41, 5.74) is 4.86. The molecule has 120 valence electrons. The van der Waals surface area contributed by atoms with Crippen LogP contribution in [-0.2, 0) is 0 Å². The largest absolute Gasteiger partial charge is 0.289 e. The molecule has 0 saturated carbocycles. The zero-order valence-corrected chi connectivity index (χ0v) is 14.4. The Labute approximate surface area is 138 Å². The smallest absolute Gasteiger partial charge is 0.190 e. The molecule has 2 heteroatoms. The molecule has 2 rings (SSSR count). The first kappa shape index (κ1) is 17.1. The van der Waals surface area contributed by atoms with Crippen LogP contribution in [0.3, 0.4) is 0 Å². The maximum Gasteiger partial charge on any atom is 0.190 e. The van der Waals surface area contributed by atoms with Crippen molar-refractivity contribution in [1.82, 2.24) is 0 Å². The van der Waals surface area contributed by atoms with Crippen LogP contribution in [0.1, 0.15) is 67.7 Å². The Hall–Kier alpha value is -2.22. The molecule has 1 aliphatic rings. The maximum absolute atomic E-state index is 12.6. The average molecular weight is 308 g/mol. The van der Waals surface area contributed by atoms with Gasteiger partial charge in [-0.05, 0) is 47.0 Å². The number of benzene rings is 1. The van der Waals surface area contributed by atoms with Gasteiger partial charge in [-0.25, -0.2) is 0 Å². The zero-order valence-electron chi connectivity index (χ0n) is 14.4. The Bertz CT molecular complexity index is 726. The second kappa shape index (κ2) is 7.36. The van der Waals surface area contributed by atoms with E-state index in [1.54, 1.807) is 25.1 Å². The molecular weight excluding hydrogens is 284 g/mol. The van der Waals surface area contributed by atoms with Crippen LogP contribution < -0.4 is 0 Å². The Kier molecular flexibility index (Phi) is 5.49. The summed E-state index contributed by atoms with van der Waals surface area (Å²) >= 11 is 0. The van der Waals surface area contributed by atoms with Gasteiger partial charge in [0, 0.05) is 22.3 Å². The molecule has 0 radical (unpaired) electrons. The Balaban J connectivity index is 2.17. The molecule has 0 saturated heterocycles. The number of carbonyl (C=O) groups is 2. The number of ketones is 2. The van der Waals surface area contributed by atoms with Gasteiger partial charge >= 0.3 is 0 Å². The molecule has 1 aromatic rings. The highest BCUT2D eigenvalue weighted by Gasteiger charge is 2.28. The third-order valence-corrected chi connectivity index (χ3v) is 4.23. The van der Waals surface area contributed by atoms with E-state index in [0.29, 0.717) is 28.7 Å². The highest BCUT2D eigenvalue weighted by Crippen LogP contribution is 2.28. The number of carbonyl (C=O) groups excluding carboxylic acids is 2. The molecule has 0 bridgehead atoms. The van der Waals surface area contributed by atoms with Crippen molar-refractivity contribution >= 4 is 11.6 Å². The van der Waals surface area contributed by atoms with E-state index >= 15 is 0 Å². The molecule has 0 aromatic heterocycles. The SMILES string of the molecule is CC(C)=CCC/C(C)=C/CC1=C(C)C(=O)c2ccccc2C1=O. The monoisotopic (exact) mass is 308 g/mol. The lowest BCUT2D eigenvalue weighted by molar-refractivity contribution is 0.0973. The highest BCUT2D eigenvalue weighted by molar-refractivity contribution is 6.26. The fourth-order valence-corrected chi connectivity index (χ4v) is 2.76. The summed E-state index contributed by atoms with van der Waals surface area (Å²) in [5.74, 6) is -0.0307. The summed E-state index contributed by atoms with van der Waals surface area (Å²) in [6.45, 7) is 8.03. The van der Waals surface area contributed by atoms with Crippen LogP contribution >= 0.6 is 0 Å². The number of Topliss-reactive ketones (excluding diaryl/α,β-unsaturated/α-hetero) is 2. The third kappa shape index (κ3) is 3.95. The van der Waals surface area contributed by atoms with Gasteiger partial charge in [0.15, 0.2) is 11.6 Å². The topological polar surface area (TPSA) is 34.1 Å². The fraction of sp³-hybridized carbons (Fsp3) is 0.333. The molecule has 0 fully saturated rings. The quantitative estimate of drug-likeness (QED) is 0.676. The van der Waals surface area contributed by atoms with Crippen LogP contribution in [0.15, 0.2) is 58.7 Å². The van der Waals surface area contributed by atoms with Gasteiger partial charge in [0.1, 0.15) is 0 Å². The van der Waals surface area contributed by atoms with Crippen molar-refractivity contribution < 1.29 is 9.59 Å². The van der Waals surface area contributed by atoms with Gasteiger partial charge in [-0.15, -0.1) is 0 Å². The van der Waals surface area contributed by atoms with Gasteiger partial charge in [-0.1, -0.05) is 47.6 Å². The molecule has 0 amide bonds. The molecule has 0 spiro atoms. The lowest BCUT2D eigenvalue weighted by atomic mass is 9.83. The van der Waals surface area contributed by atoms with Gasteiger partial charge in [0.2, 0.25) is 0 Å². The highest BCUT2D eigenvalue weighted by atomic mass is 16.1. The van der Waals surface area contributed by atoms with E-state index in [4.69, 9.17) is 0 Å². The Morgan fingerprint density at radius 1 is 0.957 bits per heavy atom. The predicted molar refractivity (Wildman–Crippen MR) is 94.8 cm³/mol. The van der Waals surface area contributed by atoms with E-state index in [2.05, 4.69) is 32.9 Å². The summed E-state index contributed by atoms with van der Waals surface area (Å²) < 4.78 is 0. The lowest BCUT2D eigenvalue weighted by Gasteiger charge is -2.18. The van der Waals surface area contributed by atoms with Crippen molar-refractivity contribution in [2.75, 3.05) is 0 Å². The fourth-order valence-electron chi connectivity index (χ4n) is 2.76. The molecular formula is C21H24O2. The summed E-state index contributed by atoms with van der Waals surface area (Å²) in [6, 6.07) is 7.09. The normalized spacial score (nSPS) is 14.9. The van der Waals surface area contributed by atoms with Gasteiger partial charge in [0.25, 0.3) is 0 Å². The van der Waals surface area contributed by atoms with Crippen molar-refractivity contribution in [3.8, 4) is 0 Å². The van der Waals surface area contributed by atoms with Crippen LogP contribution in [0.5, 0.6) is 0 Å². The number of hydrogen-bond donors (Lipinski definition) is 0. The van der Waals surface area contributed by atoms with E-state index in [0.717, 1.165) is 12.8 Å². The Morgan fingerprint density at radius 2 is 1.57 bits per heavy atom. The summed E-state index contributed by atoms with van der Waals surface area (Å²) in [6.07, 6.45) is 6.82. The van der Waals surface area contributed by atoms with Crippen molar-refractivity contribution in [3.05, 3.63) is 69.8 Å². The number of rotatable bonds is 5. The molecule has 0 N–H and O–H groups in total. The van der Waals surface area contributed by atoms with Crippen molar-refractivity contribution in [2.24, 2.45) is 0 Å². The van der Waals surface area contributed by atoms with Crippen LogP contribution in [0.25, 0.3) is 0 Å². The molecule has 1 aromatic carbocycles. The van der Waals surface area contributed by atoms with Crippen LogP contribution in [0, 0.1) is 0 Å². The molecule has 23 heavy (non-hydrogen) atoms. The minimum absolute atomic E-state index is 0.00829. The van der Waals surface area contributed by atoms with E-state index in [1.807, 2.05) is 6.07 Å². The van der Waals surface area contributed by atoms with Crippen LogP contribution in [0.2, 0.25) is 0 Å². The number of allylic oxidation sites excluding steroid dienone is 6. The first-order valence-corrected chi connectivity index (χ1v) is 8.09. The first-order valence-electron chi connectivity index (χ1n) is 8.09.